The fourth-order valence-electron chi connectivity index (χ4n) is 2.81. The Morgan fingerprint density at radius 3 is 2.67 bits per heavy atom. The number of rotatable bonds is 5. The predicted molar refractivity (Wildman–Crippen MR) is 93.8 cm³/mol. The van der Waals surface area contributed by atoms with E-state index in [2.05, 4.69) is 10.6 Å². The minimum atomic E-state index is -0.733. The topological polar surface area (TPSA) is 107 Å². The first-order valence-corrected chi connectivity index (χ1v) is 8.28. The molecule has 0 aliphatic carbocycles. The molecule has 1 aliphatic rings. The molecular formula is C19H18N2O6. The van der Waals surface area contributed by atoms with Crippen molar-refractivity contribution < 1.29 is 28.3 Å². The number of esters is 2. The zero-order chi connectivity index (χ0) is 19.4. The number of amides is 2. The Bertz CT molecular complexity index is 901. The van der Waals surface area contributed by atoms with Crippen LogP contribution in [-0.2, 0) is 9.53 Å². The second-order valence-electron chi connectivity index (χ2n) is 5.71. The third-order valence-corrected chi connectivity index (χ3v) is 4.04. The van der Waals surface area contributed by atoms with Crippen LogP contribution < -0.4 is 15.4 Å². The standard InChI is InChI=1S/C19H18N2O6/c1-3-13-15(18(23)25-2)16(21-19(24)20-13)11-6-4-7-12(10-11)27-17(22)14-8-5-9-26-14/h4-10,16H,3H2,1-2H3,(H2,20,21,24). The third-order valence-electron chi connectivity index (χ3n) is 4.04. The molecule has 0 bridgehead atoms. The highest BCUT2D eigenvalue weighted by Gasteiger charge is 2.33. The van der Waals surface area contributed by atoms with Gasteiger partial charge in [-0.15, -0.1) is 0 Å². The largest absolute Gasteiger partial charge is 0.466 e. The number of carbonyl (C=O) groups is 3. The Morgan fingerprint density at radius 2 is 2.00 bits per heavy atom. The van der Waals surface area contributed by atoms with Gasteiger partial charge in [-0.3, -0.25) is 0 Å². The number of hydrogen-bond acceptors (Lipinski definition) is 6. The molecule has 8 heteroatoms. The summed E-state index contributed by atoms with van der Waals surface area (Å²) in [5.74, 6) is -0.880. The summed E-state index contributed by atoms with van der Waals surface area (Å²) in [6.45, 7) is 1.82. The summed E-state index contributed by atoms with van der Waals surface area (Å²) in [6.07, 6.45) is 1.82. The molecule has 0 saturated heterocycles. The van der Waals surface area contributed by atoms with E-state index in [1.165, 1.54) is 19.4 Å². The van der Waals surface area contributed by atoms with Crippen molar-refractivity contribution in [2.45, 2.75) is 19.4 Å². The van der Waals surface area contributed by atoms with Gasteiger partial charge in [0.15, 0.2) is 0 Å². The average molecular weight is 370 g/mol. The van der Waals surface area contributed by atoms with Gasteiger partial charge in [-0.1, -0.05) is 19.1 Å². The van der Waals surface area contributed by atoms with Gasteiger partial charge in [-0.25, -0.2) is 14.4 Å². The normalized spacial score (nSPS) is 16.4. The molecule has 27 heavy (non-hydrogen) atoms. The summed E-state index contributed by atoms with van der Waals surface area (Å²) in [5, 5.41) is 5.33. The Morgan fingerprint density at radius 1 is 1.19 bits per heavy atom. The molecule has 0 spiro atoms. The maximum Gasteiger partial charge on any atom is 0.379 e. The van der Waals surface area contributed by atoms with Crippen LogP contribution in [0.3, 0.4) is 0 Å². The van der Waals surface area contributed by atoms with Gasteiger partial charge in [0.05, 0.1) is 25.0 Å². The number of nitrogens with one attached hydrogen (secondary N) is 2. The van der Waals surface area contributed by atoms with E-state index in [-0.39, 0.29) is 11.5 Å². The van der Waals surface area contributed by atoms with E-state index in [1.807, 2.05) is 6.92 Å². The summed E-state index contributed by atoms with van der Waals surface area (Å²) in [5.41, 5.74) is 1.35. The third kappa shape index (κ3) is 3.84. The minimum absolute atomic E-state index is 0.0685. The van der Waals surface area contributed by atoms with E-state index >= 15 is 0 Å². The van der Waals surface area contributed by atoms with Crippen LogP contribution in [0.15, 0.2) is 58.3 Å². The number of methoxy groups -OCH3 is 1. The Balaban J connectivity index is 1.93. The predicted octanol–water partition coefficient (Wildman–Crippen LogP) is 2.69. The van der Waals surface area contributed by atoms with Gasteiger partial charge in [0.25, 0.3) is 0 Å². The molecule has 1 aromatic heterocycles. The number of benzene rings is 1. The maximum atomic E-state index is 12.3. The highest BCUT2D eigenvalue weighted by molar-refractivity contribution is 5.95. The smallest absolute Gasteiger partial charge is 0.379 e. The van der Waals surface area contributed by atoms with Crippen LogP contribution >= 0.6 is 0 Å². The fourth-order valence-corrected chi connectivity index (χ4v) is 2.81. The first-order chi connectivity index (χ1) is 13.0. The van der Waals surface area contributed by atoms with Crippen molar-refractivity contribution in [3.05, 3.63) is 65.3 Å². The van der Waals surface area contributed by atoms with Gasteiger partial charge in [-0.05, 0) is 36.2 Å². The molecule has 2 heterocycles. The summed E-state index contributed by atoms with van der Waals surface area (Å²) in [4.78, 5) is 36.3. The molecule has 2 amide bonds. The Labute approximate surface area is 155 Å². The second kappa shape index (κ2) is 7.77. The van der Waals surface area contributed by atoms with Crippen molar-refractivity contribution in [1.29, 1.82) is 0 Å². The number of carbonyl (C=O) groups excluding carboxylic acids is 3. The second-order valence-corrected chi connectivity index (χ2v) is 5.71. The van der Waals surface area contributed by atoms with Gasteiger partial charge < -0.3 is 24.5 Å². The van der Waals surface area contributed by atoms with Gasteiger partial charge in [0.2, 0.25) is 5.76 Å². The van der Waals surface area contributed by atoms with Gasteiger partial charge in [0, 0.05) is 5.70 Å². The van der Waals surface area contributed by atoms with E-state index < -0.39 is 24.0 Å². The minimum Gasteiger partial charge on any atom is -0.466 e. The SMILES string of the molecule is CCC1=C(C(=O)OC)C(c2cccc(OC(=O)c3ccco3)c2)NC(=O)N1. The Kier molecular flexibility index (Phi) is 5.25. The van der Waals surface area contributed by atoms with Crippen LogP contribution in [-0.4, -0.2) is 25.1 Å². The maximum absolute atomic E-state index is 12.3. The first kappa shape index (κ1) is 18.2. The molecule has 1 aliphatic heterocycles. The van der Waals surface area contributed by atoms with E-state index in [4.69, 9.17) is 13.9 Å². The Hall–Kier alpha value is -3.55. The van der Waals surface area contributed by atoms with Crippen LogP contribution in [0.5, 0.6) is 5.75 Å². The van der Waals surface area contributed by atoms with Crippen molar-refractivity contribution in [2.75, 3.05) is 7.11 Å². The number of allylic oxidation sites excluding steroid dienone is 1. The quantitative estimate of drug-likeness (QED) is 0.619. The van der Waals surface area contributed by atoms with Gasteiger partial charge >= 0.3 is 18.0 Å². The molecule has 0 saturated carbocycles. The lowest BCUT2D eigenvalue weighted by molar-refractivity contribution is -0.136. The van der Waals surface area contributed by atoms with E-state index in [0.717, 1.165) is 0 Å². The number of ether oxygens (including phenoxy) is 2. The average Bonchev–Trinajstić information content (AvgIpc) is 3.22. The number of urea groups is 1. The molecular weight excluding hydrogens is 352 g/mol. The summed E-state index contributed by atoms with van der Waals surface area (Å²) in [6, 6.07) is 8.46. The highest BCUT2D eigenvalue weighted by atomic mass is 16.5. The molecule has 1 atom stereocenters. The van der Waals surface area contributed by atoms with Crippen LogP contribution in [0, 0.1) is 0 Å². The lowest BCUT2D eigenvalue weighted by atomic mass is 9.94. The van der Waals surface area contributed by atoms with Crippen molar-refractivity contribution in [3.63, 3.8) is 0 Å². The molecule has 140 valence electrons. The van der Waals surface area contributed by atoms with Gasteiger partial charge in [0.1, 0.15) is 5.75 Å². The van der Waals surface area contributed by atoms with Crippen LogP contribution in [0.4, 0.5) is 4.79 Å². The summed E-state index contributed by atoms with van der Waals surface area (Å²) in [7, 11) is 1.28. The van der Waals surface area contributed by atoms with Crippen LogP contribution in [0.1, 0.15) is 35.5 Å². The molecule has 8 nitrogen and oxygen atoms in total. The molecule has 2 N–H and O–H groups in total. The van der Waals surface area contributed by atoms with E-state index in [9.17, 15) is 14.4 Å². The molecule has 0 radical (unpaired) electrons. The molecule has 0 fully saturated rings. The van der Waals surface area contributed by atoms with Crippen molar-refractivity contribution in [2.24, 2.45) is 0 Å². The summed E-state index contributed by atoms with van der Waals surface area (Å²) < 4.78 is 15.2. The lowest BCUT2D eigenvalue weighted by Gasteiger charge is -2.29. The molecule has 1 unspecified atom stereocenters. The molecule has 2 aromatic rings. The van der Waals surface area contributed by atoms with Crippen molar-refractivity contribution in [3.8, 4) is 5.75 Å². The molecule has 3 rings (SSSR count). The lowest BCUT2D eigenvalue weighted by Crippen LogP contribution is -2.45. The molecule has 1 aromatic carbocycles. The van der Waals surface area contributed by atoms with Gasteiger partial charge in [-0.2, -0.15) is 0 Å². The zero-order valence-corrected chi connectivity index (χ0v) is 14.8. The summed E-state index contributed by atoms with van der Waals surface area (Å²) >= 11 is 0. The van der Waals surface area contributed by atoms with E-state index in [0.29, 0.717) is 23.3 Å². The van der Waals surface area contributed by atoms with Crippen molar-refractivity contribution in [1.82, 2.24) is 10.6 Å². The van der Waals surface area contributed by atoms with E-state index in [1.54, 1.807) is 30.3 Å². The van der Waals surface area contributed by atoms with Crippen LogP contribution in [0.2, 0.25) is 0 Å². The fraction of sp³-hybridized carbons (Fsp3) is 0.211. The monoisotopic (exact) mass is 370 g/mol. The zero-order valence-electron chi connectivity index (χ0n) is 14.8. The van der Waals surface area contributed by atoms with Crippen molar-refractivity contribution >= 4 is 18.0 Å². The number of furan rings is 1. The highest BCUT2D eigenvalue weighted by Crippen LogP contribution is 2.30. The first-order valence-electron chi connectivity index (χ1n) is 8.28. The van der Waals surface area contributed by atoms with Crippen LogP contribution in [0.25, 0.3) is 0 Å². The number of hydrogen-bond donors (Lipinski definition) is 2.